The molecule has 6 heteroatoms. The molecule has 5 nitrogen and oxygen atoms in total. The van der Waals surface area contributed by atoms with Crippen molar-refractivity contribution in [3.05, 3.63) is 65.5 Å². The number of nitrogens with one attached hydrogen (secondary N) is 2. The summed E-state index contributed by atoms with van der Waals surface area (Å²) in [5.74, 6) is 0.464. The molecule has 1 heterocycles. The summed E-state index contributed by atoms with van der Waals surface area (Å²) in [4.78, 5) is 19.4. The lowest BCUT2D eigenvalue weighted by atomic mass is 9.91. The van der Waals surface area contributed by atoms with Crippen molar-refractivity contribution < 1.29 is 9.18 Å². The van der Waals surface area contributed by atoms with Crippen LogP contribution in [0.4, 0.5) is 15.9 Å². The van der Waals surface area contributed by atoms with Gasteiger partial charge in [0.05, 0.1) is 5.52 Å². The highest BCUT2D eigenvalue weighted by molar-refractivity contribution is 5.94. The number of hydrogen-bond donors (Lipinski definition) is 2. The number of aromatic nitrogens is 1. The van der Waals surface area contributed by atoms with Crippen molar-refractivity contribution in [2.45, 2.75) is 44.7 Å². The Morgan fingerprint density at radius 2 is 1.74 bits per heavy atom. The molecule has 1 aliphatic carbocycles. The van der Waals surface area contributed by atoms with Crippen molar-refractivity contribution >= 4 is 28.3 Å². The number of amides is 1. The van der Waals surface area contributed by atoms with Gasteiger partial charge in [0, 0.05) is 48.9 Å². The quantitative estimate of drug-likeness (QED) is 0.616. The summed E-state index contributed by atoms with van der Waals surface area (Å²) in [6.07, 6.45) is 3.72. The third kappa shape index (κ3) is 4.79. The number of benzene rings is 2. The van der Waals surface area contributed by atoms with Gasteiger partial charge in [0.15, 0.2) is 0 Å². The Kier molecular flexibility index (Phi) is 6.07. The fourth-order valence-corrected chi connectivity index (χ4v) is 4.25. The van der Waals surface area contributed by atoms with Crippen LogP contribution >= 0.6 is 0 Å². The van der Waals surface area contributed by atoms with Crippen molar-refractivity contribution in [3.8, 4) is 0 Å². The minimum atomic E-state index is -0.289. The summed E-state index contributed by atoms with van der Waals surface area (Å²) in [5.41, 5.74) is 3.12. The van der Waals surface area contributed by atoms with Gasteiger partial charge in [-0.3, -0.25) is 4.79 Å². The highest BCUT2D eigenvalue weighted by Gasteiger charge is 2.23. The molecule has 1 aliphatic rings. The number of aryl methyl sites for hydroxylation is 1. The van der Waals surface area contributed by atoms with Gasteiger partial charge in [0.1, 0.15) is 11.6 Å². The molecule has 1 fully saturated rings. The molecule has 0 spiro atoms. The monoisotopic (exact) mass is 420 g/mol. The van der Waals surface area contributed by atoms with Crippen LogP contribution in [-0.2, 0) is 0 Å². The van der Waals surface area contributed by atoms with E-state index in [2.05, 4.69) is 27.7 Å². The van der Waals surface area contributed by atoms with E-state index in [1.165, 1.54) is 6.07 Å². The zero-order valence-corrected chi connectivity index (χ0v) is 18.3. The second-order valence-corrected chi connectivity index (χ2v) is 8.57. The fourth-order valence-electron chi connectivity index (χ4n) is 4.25. The van der Waals surface area contributed by atoms with Crippen LogP contribution in [0.1, 0.15) is 41.6 Å². The van der Waals surface area contributed by atoms with E-state index in [1.54, 1.807) is 19.1 Å². The van der Waals surface area contributed by atoms with Crippen molar-refractivity contribution in [1.29, 1.82) is 0 Å². The predicted molar refractivity (Wildman–Crippen MR) is 124 cm³/mol. The van der Waals surface area contributed by atoms with Gasteiger partial charge in [0.2, 0.25) is 0 Å². The topological polar surface area (TPSA) is 57.3 Å². The van der Waals surface area contributed by atoms with E-state index in [9.17, 15) is 9.18 Å². The normalized spacial score (nSPS) is 18.6. The number of hydrogen-bond acceptors (Lipinski definition) is 4. The summed E-state index contributed by atoms with van der Waals surface area (Å²) >= 11 is 0. The first kappa shape index (κ1) is 21.1. The Labute approximate surface area is 182 Å². The molecule has 0 aliphatic heterocycles. The van der Waals surface area contributed by atoms with Gasteiger partial charge in [-0.15, -0.1) is 0 Å². The Balaban J connectivity index is 1.37. The maximum absolute atomic E-state index is 13.5. The second-order valence-electron chi connectivity index (χ2n) is 8.57. The number of halogens is 1. The Morgan fingerprint density at radius 3 is 2.45 bits per heavy atom. The maximum atomic E-state index is 13.5. The molecule has 3 aromatic rings. The maximum Gasteiger partial charge on any atom is 0.251 e. The predicted octanol–water partition coefficient (Wildman–Crippen LogP) is 4.90. The van der Waals surface area contributed by atoms with Gasteiger partial charge in [-0.2, -0.15) is 0 Å². The van der Waals surface area contributed by atoms with E-state index in [-0.39, 0.29) is 17.8 Å². The van der Waals surface area contributed by atoms with E-state index in [4.69, 9.17) is 4.98 Å². The van der Waals surface area contributed by atoms with Crippen molar-refractivity contribution in [1.82, 2.24) is 10.3 Å². The molecular formula is C25H29FN4O. The van der Waals surface area contributed by atoms with Gasteiger partial charge in [-0.25, -0.2) is 9.37 Å². The molecule has 0 radical (unpaired) electrons. The van der Waals surface area contributed by atoms with Gasteiger partial charge in [0.25, 0.3) is 5.91 Å². The molecular weight excluding hydrogens is 391 g/mol. The molecule has 31 heavy (non-hydrogen) atoms. The van der Waals surface area contributed by atoms with Crippen LogP contribution in [0, 0.1) is 12.7 Å². The zero-order chi connectivity index (χ0) is 22.0. The van der Waals surface area contributed by atoms with E-state index >= 15 is 0 Å². The highest BCUT2D eigenvalue weighted by atomic mass is 19.1. The van der Waals surface area contributed by atoms with E-state index in [0.717, 1.165) is 48.1 Å². The molecule has 1 amide bonds. The Morgan fingerprint density at radius 1 is 1.03 bits per heavy atom. The Bertz CT molecular complexity index is 1090. The number of nitrogens with zero attached hydrogens (tertiary/aromatic N) is 2. The second kappa shape index (κ2) is 8.92. The number of carbonyl (C=O) groups excluding carboxylic acids is 1. The fraction of sp³-hybridized carbons (Fsp3) is 0.360. The van der Waals surface area contributed by atoms with Crippen molar-refractivity contribution in [2.24, 2.45) is 0 Å². The van der Waals surface area contributed by atoms with Crippen LogP contribution in [0.15, 0.2) is 48.5 Å². The molecule has 2 N–H and O–H groups in total. The minimum Gasteiger partial charge on any atom is -0.377 e. The summed E-state index contributed by atoms with van der Waals surface area (Å²) < 4.78 is 13.5. The Hall–Kier alpha value is -3.15. The van der Waals surface area contributed by atoms with E-state index in [0.29, 0.717) is 17.2 Å². The van der Waals surface area contributed by atoms with Gasteiger partial charge in [-0.1, -0.05) is 18.2 Å². The van der Waals surface area contributed by atoms with Crippen LogP contribution in [0.2, 0.25) is 0 Å². The molecule has 1 saturated carbocycles. The first-order valence-electron chi connectivity index (χ1n) is 10.8. The van der Waals surface area contributed by atoms with E-state index in [1.807, 2.05) is 32.3 Å². The molecule has 162 valence electrons. The lowest BCUT2D eigenvalue weighted by molar-refractivity contribution is 0.0926. The van der Waals surface area contributed by atoms with Gasteiger partial charge in [-0.05, 0) is 62.4 Å². The number of anilines is 2. The molecule has 1 aromatic heterocycles. The number of carbonyl (C=O) groups is 1. The molecule has 0 atom stereocenters. The average Bonchev–Trinajstić information content (AvgIpc) is 2.76. The molecule has 0 saturated heterocycles. The number of pyridine rings is 1. The SMILES string of the molecule is Cc1cc(C(=O)N[C@H]2CC[C@@H](Nc3cc(N(C)C)c4ccccc4n3)CC2)ccc1F. The third-order valence-corrected chi connectivity index (χ3v) is 6.01. The lowest BCUT2D eigenvalue weighted by Crippen LogP contribution is -2.40. The molecule has 0 unspecified atom stereocenters. The van der Waals surface area contributed by atoms with Crippen molar-refractivity contribution in [2.75, 3.05) is 24.3 Å². The third-order valence-electron chi connectivity index (χ3n) is 6.01. The smallest absolute Gasteiger partial charge is 0.251 e. The highest BCUT2D eigenvalue weighted by Crippen LogP contribution is 2.29. The summed E-state index contributed by atoms with van der Waals surface area (Å²) in [7, 11) is 4.09. The number of fused-ring (bicyclic) bond motifs is 1. The first-order chi connectivity index (χ1) is 14.9. The molecule has 2 aromatic carbocycles. The summed E-state index contributed by atoms with van der Waals surface area (Å²) in [6, 6.07) is 15.2. The first-order valence-corrected chi connectivity index (χ1v) is 10.8. The zero-order valence-electron chi connectivity index (χ0n) is 18.3. The van der Waals surface area contributed by atoms with Gasteiger partial charge < -0.3 is 15.5 Å². The van der Waals surface area contributed by atoms with Crippen LogP contribution in [0.25, 0.3) is 10.9 Å². The minimum absolute atomic E-state index is 0.133. The molecule has 4 rings (SSSR count). The lowest BCUT2D eigenvalue weighted by Gasteiger charge is -2.30. The summed E-state index contributed by atoms with van der Waals surface area (Å²) in [6.45, 7) is 1.67. The van der Waals surface area contributed by atoms with Crippen LogP contribution in [-0.4, -0.2) is 37.1 Å². The molecule has 0 bridgehead atoms. The van der Waals surface area contributed by atoms with Crippen molar-refractivity contribution in [3.63, 3.8) is 0 Å². The van der Waals surface area contributed by atoms with Gasteiger partial charge >= 0.3 is 0 Å². The average molecular weight is 421 g/mol. The number of para-hydroxylation sites is 1. The van der Waals surface area contributed by atoms with E-state index < -0.39 is 0 Å². The largest absolute Gasteiger partial charge is 0.377 e. The van der Waals surface area contributed by atoms with Crippen LogP contribution in [0.5, 0.6) is 0 Å². The summed E-state index contributed by atoms with van der Waals surface area (Å²) in [5, 5.41) is 7.84. The number of rotatable bonds is 5. The standard InChI is InChI=1S/C25H29FN4O/c1-16-14-17(8-13-21(16)26)25(31)28-19-11-9-18(10-12-19)27-24-15-23(30(2)3)20-6-4-5-7-22(20)29-24/h4-8,13-15,18-19H,9-12H2,1-3H3,(H,27,29)(H,28,31)/t18-,19+. The van der Waals surface area contributed by atoms with Crippen LogP contribution < -0.4 is 15.5 Å². The van der Waals surface area contributed by atoms with Crippen LogP contribution in [0.3, 0.4) is 0 Å².